The zero-order chi connectivity index (χ0) is 9.97. The molecule has 0 saturated carbocycles. The molecule has 1 atom stereocenters. The van der Waals surface area contributed by atoms with Gasteiger partial charge in [-0.25, -0.2) is 0 Å². The van der Waals surface area contributed by atoms with E-state index in [0.29, 0.717) is 6.04 Å². The minimum absolute atomic E-state index is 0.584. The van der Waals surface area contributed by atoms with Crippen molar-refractivity contribution in [1.82, 2.24) is 9.88 Å². The van der Waals surface area contributed by atoms with Gasteiger partial charge in [-0.1, -0.05) is 6.42 Å². The zero-order valence-corrected chi connectivity index (χ0v) is 9.21. The van der Waals surface area contributed by atoms with Crippen molar-refractivity contribution in [3.63, 3.8) is 0 Å². The number of fused-ring (bicyclic) bond motifs is 1. The van der Waals surface area contributed by atoms with Gasteiger partial charge in [0, 0.05) is 25.0 Å². The first kappa shape index (κ1) is 9.78. The quantitative estimate of drug-likeness (QED) is 0.712. The summed E-state index contributed by atoms with van der Waals surface area (Å²) in [5.74, 6) is 0. The highest BCUT2D eigenvalue weighted by atomic mass is 15.0. The van der Waals surface area contributed by atoms with Crippen LogP contribution in [0.4, 0.5) is 0 Å². The number of aromatic nitrogens is 1. The Morgan fingerprint density at radius 1 is 1.43 bits per heavy atom. The number of nitrogens with one attached hydrogen (secondary N) is 1. The van der Waals surface area contributed by atoms with E-state index in [4.69, 9.17) is 0 Å². The van der Waals surface area contributed by atoms with Crippen molar-refractivity contribution in [1.29, 1.82) is 0 Å². The van der Waals surface area contributed by atoms with Gasteiger partial charge < -0.3 is 9.88 Å². The van der Waals surface area contributed by atoms with E-state index in [2.05, 4.69) is 36.2 Å². The molecule has 1 aromatic heterocycles. The number of aryl methyl sites for hydroxylation is 2. The van der Waals surface area contributed by atoms with Gasteiger partial charge in [-0.15, -0.1) is 0 Å². The molecule has 14 heavy (non-hydrogen) atoms. The van der Waals surface area contributed by atoms with Crippen LogP contribution >= 0.6 is 0 Å². The number of nitrogens with zero attached hydrogens (tertiary/aromatic N) is 1. The van der Waals surface area contributed by atoms with Gasteiger partial charge in [0.25, 0.3) is 0 Å². The molecule has 2 rings (SSSR count). The molecule has 1 unspecified atom stereocenters. The zero-order valence-electron chi connectivity index (χ0n) is 9.21. The number of rotatable bonds is 2. The van der Waals surface area contributed by atoms with Gasteiger partial charge in [0.1, 0.15) is 0 Å². The summed E-state index contributed by atoms with van der Waals surface area (Å²) in [5, 5.41) is 3.42. The lowest BCUT2D eigenvalue weighted by Gasteiger charge is -2.13. The van der Waals surface area contributed by atoms with Gasteiger partial charge in [0.2, 0.25) is 0 Å². The van der Waals surface area contributed by atoms with Crippen molar-refractivity contribution in [2.45, 2.75) is 45.2 Å². The molecule has 0 amide bonds. The summed E-state index contributed by atoms with van der Waals surface area (Å²) in [6.07, 6.45) is 9.90. The molecule has 0 aliphatic heterocycles. The largest absolute Gasteiger partial charge is 0.354 e. The Morgan fingerprint density at radius 2 is 2.29 bits per heavy atom. The van der Waals surface area contributed by atoms with Gasteiger partial charge in [0.15, 0.2) is 0 Å². The highest BCUT2D eigenvalue weighted by molar-refractivity contribution is 5.29. The first-order chi connectivity index (χ1) is 6.85. The van der Waals surface area contributed by atoms with E-state index in [9.17, 15) is 0 Å². The van der Waals surface area contributed by atoms with E-state index < -0.39 is 0 Å². The van der Waals surface area contributed by atoms with Crippen LogP contribution in [0.25, 0.3) is 0 Å². The Hall–Kier alpha value is -0.760. The average molecular weight is 192 g/mol. The van der Waals surface area contributed by atoms with Gasteiger partial charge in [-0.3, -0.25) is 0 Å². The fourth-order valence-corrected chi connectivity index (χ4v) is 2.40. The molecular formula is C12H20N2. The average Bonchev–Trinajstić information content (AvgIpc) is 2.53. The summed E-state index contributed by atoms with van der Waals surface area (Å²) in [5.41, 5.74) is 3.09. The summed E-state index contributed by atoms with van der Waals surface area (Å²) in [4.78, 5) is 0. The van der Waals surface area contributed by atoms with Crippen LogP contribution in [-0.4, -0.2) is 11.6 Å². The van der Waals surface area contributed by atoms with Crippen molar-refractivity contribution in [3.05, 3.63) is 23.5 Å². The third-order valence-electron chi connectivity index (χ3n) is 3.28. The monoisotopic (exact) mass is 192 g/mol. The lowest BCUT2D eigenvalue weighted by atomic mass is 10.1. The molecule has 1 aliphatic carbocycles. The van der Waals surface area contributed by atoms with Crippen molar-refractivity contribution in [2.75, 3.05) is 7.05 Å². The molecule has 0 aromatic carbocycles. The maximum Gasteiger partial charge on any atom is 0.0335 e. The molecule has 1 aliphatic rings. The van der Waals surface area contributed by atoms with Crippen molar-refractivity contribution < 1.29 is 0 Å². The van der Waals surface area contributed by atoms with E-state index in [1.807, 2.05) is 0 Å². The van der Waals surface area contributed by atoms with Crippen LogP contribution < -0.4 is 5.32 Å². The molecule has 0 radical (unpaired) electrons. The van der Waals surface area contributed by atoms with Crippen LogP contribution in [0.5, 0.6) is 0 Å². The van der Waals surface area contributed by atoms with E-state index >= 15 is 0 Å². The fraction of sp³-hybridized carbons (Fsp3) is 0.667. The third kappa shape index (κ3) is 1.71. The summed E-state index contributed by atoms with van der Waals surface area (Å²) >= 11 is 0. The summed E-state index contributed by atoms with van der Waals surface area (Å²) in [7, 11) is 2.07. The Morgan fingerprint density at radius 3 is 3.00 bits per heavy atom. The second-order valence-electron chi connectivity index (χ2n) is 4.16. The Balaban J connectivity index is 2.32. The van der Waals surface area contributed by atoms with Crippen LogP contribution in [0.2, 0.25) is 0 Å². The standard InChI is InChI=1S/C12H20N2/c1-3-14-8-10-6-4-5-7-12(13-2)11(10)9-14/h8-9,12-13H,3-7H2,1-2H3. The summed E-state index contributed by atoms with van der Waals surface area (Å²) in [6, 6.07) is 0.584. The molecule has 2 heteroatoms. The predicted molar refractivity (Wildman–Crippen MR) is 59.5 cm³/mol. The van der Waals surface area contributed by atoms with Gasteiger partial charge in [-0.05, 0) is 44.4 Å². The molecule has 0 fully saturated rings. The maximum absolute atomic E-state index is 3.42. The molecule has 1 heterocycles. The number of hydrogen-bond donors (Lipinski definition) is 1. The molecule has 2 nitrogen and oxygen atoms in total. The van der Waals surface area contributed by atoms with Gasteiger partial charge in [0.05, 0.1) is 0 Å². The number of hydrogen-bond acceptors (Lipinski definition) is 1. The second-order valence-corrected chi connectivity index (χ2v) is 4.16. The Labute approximate surface area is 86.3 Å². The van der Waals surface area contributed by atoms with Crippen LogP contribution in [0.15, 0.2) is 12.4 Å². The summed E-state index contributed by atoms with van der Waals surface area (Å²) in [6.45, 7) is 3.29. The van der Waals surface area contributed by atoms with Crippen LogP contribution in [0.3, 0.4) is 0 Å². The van der Waals surface area contributed by atoms with Crippen molar-refractivity contribution >= 4 is 0 Å². The molecule has 0 saturated heterocycles. The minimum atomic E-state index is 0.584. The molecule has 78 valence electrons. The normalized spacial score (nSPS) is 21.7. The highest BCUT2D eigenvalue weighted by Crippen LogP contribution is 2.28. The molecular weight excluding hydrogens is 172 g/mol. The Kier molecular flexibility index (Phi) is 2.92. The van der Waals surface area contributed by atoms with Gasteiger partial charge >= 0.3 is 0 Å². The predicted octanol–water partition coefficient (Wildman–Crippen LogP) is 2.49. The van der Waals surface area contributed by atoms with Crippen LogP contribution in [-0.2, 0) is 13.0 Å². The second kappa shape index (κ2) is 4.18. The molecule has 1 aromatic rings. The Bertz CT molecular complexity index is 301. The van der Waals surface area contributed by atoms with Gasteiger partial charge in [-0.2, -0.15) is 0 Å². The lowest BCUT2D eigenvalue weighted by Crippen LogP contribution is -2.15. The maximum atomic E-state index is 3.42. The lowest BCUT2D eigenvalue weighted by molar-refractivity contribution is 0.530. The molecule has 1 N–H and O–H groups in total. The first-order valence-corrected chi connectivity index (χ1v) is 5.71. The minimum Gasteiger partial charge on any atom is -0.354 e. The SMILES string of the molecule is CCn1cc2c(c1)C(NC)CCCC2. The van der Waals surface area contributed by atoms with E-state index in [1.165, 1.54) is 31.2 Å². The summed E-state index contributed by atoms with van der Waals surface area (Å²) < 4.78 is 2.31. The van der Waals surface area contributed by atoms with Crippen LogP contribution in [0, 0.1) is 0 Å². The van der Waals surface area contributed by atoms with Crippen molar-refractivity contribution in [3.8, 4) is 0 Å². The molecule has 0 bridgehead atoms. The smallest absolute Gasteiger partial charge is 0.0335 e. The molecule has 0 spiro atoms. The van der Waals surface area contributed by atoms with E-state index in [-0.39, 0.29) is 0 Å². The third-order valence-corrected chi connectivity index (χ3v) is 3.28. The first-order valence-electron chi connectivity index (χ1n) is 5.71. The van der Waals surface area contributed by atoms with E-state index in [1.54, 1.807) is 5.56 Å². The highest BCUT2D eigenvalue weighted by Gasteiger charge is 2.18. The fourth-order valence-electron chi connectivity index (χ4n) is 2.40. The van der Waals surface area contributed by atoms with E-state index in [0.717, 1.165) is 6.54 Å². The topological polar surface area (TPSA) is 17.0 Å². The van der Waals surface area contributed by atoms with Crippen LogP contribution in [0.1, 0.15) is 43.4 Å². The van der Waals surface area contributed by atoms with Crippen molar-refractivity contribution in [2.24, 2.45) is 0 Å².